The molecule has 0 aliphatic rings. The van der Waals surface area contributed by atoms with Crippen molar-refractivity contribution >= 4 is 17.1 Å². The number of carbonyl (C=O) groups is 1. The van der Waals surface area contributed by atoms with Crippen molar-refractivity contribution in [2.24, 2.45) is 11.1 Å². The summed E-state index contributed by atoms with van der Waals surface area (Å²) < 4.78 is 0. The second-order valence-electron chi connectivity index (χ2n) is 5.07. The fourth-order valence-electron chi connectivity index (χ4n) is 1.25. The monoisotopic (exact) mass is 225 g/mol. The van der Waals surface area contributed by atoms with E-state index in [4.69, 9.17) is 5.73 Å². The maximum absolute atomic E-state index is 12.3. The van der Waals surface area contributed by atoms with Crippen LogP contribution in [0.2, 0.25) is 0 Å². The first-order valence-electron chi connectivity index (χ1n) is 5.05. The molecule has 3 heteroatoms. The zero-order valence-corrected chi connectivity index (χ0v) is 10.9. The van der Waals surface area contributed by atoms with Crippen molar-refractivity contribution in [3.05, 3.63) is 21.9 Å². The molecule has 0 unspecified atom stereocenters. The zero-order valence-electron chi connectivity index (χ0n) is 10.0. The predicted octanol–water partition coefficient (Wildman–Crippen LogP) is 3.00. The van der Waals surface area contributed by atoms with Gasteiger partial charge in [-0.2, -0.15) is 0 Å². The molecule has 0 bridgehead atoms. The lowest BCUT2D eigenvalue weighted by Gasteiger charge is -2.37. The Labute approximate surface area is 95.5 Å². The Kier molecular flexibility index (Phi) is 3.08. The minimum Gasteiger partial charge on any atom is -0.325 e. The molecule has 2 N–H and O–H groups in total. The molecule has 0 aliphatic heterocycles. The normalized spacial score (nSPS) is 12.9. The average molecular weight is 225 g/mol. The molecule has 0 radical (unpaired) electrons. The van der Waals surface area contributed by atoms with Gasteiger partial charge in [-0.15, -0.1) is 11.3 Å². The Morgan fingerprint density at radius 2 is 1.87 bits per heavy atom. The zero-order chi connectivity index (χ0) is 11.9. The Hall–Kier alpha value is -0.670. The number of Topliss-reactive ketones (excluding diaryl/α,β-unsaturated/α-hetero) is 1. The number of ketones is 1. The van der Waals surface area contributed by atoms with Crippen LogP contribution < -0.4 is 5.73 Å². The Balaban J connectivity index is 3.11. The maximum atomic E-state index is 12.3. The first-order chi connectivity index (χ1) is 6.68. The average Bonchev–Trinajstić information content (AvgIpc) is 2.48. The molecule has 0 spiro atoms. The van der Waals surface area contributed by atoms with Crippen molar-refractivity contribution in [1.82, 2.24) is 0 Å². The Morgan fingerprint density at radius 1 is 1.33 bits per heavy atom. The number of nitrogens with two attached hydrogens (primary N) is 1. The van der Waals surface area contributed by atoms with Crippen LogP contribution in [0.25, 0.3) is 0 Å². The summed E-state index contributed by atoms with van der Waals surface area (Å²) in [6, 6.07) is 1.88. The van der Waals surface area contributed by atoms with Gasteiger partial charge in [0.05, 0.1) is 0 Å². The van der Waals surface area contributed by atoms with E-state index in [2.05, 4.69) is 0 Å². The van der Waals surface area contributed by atoms with E-state index in [0.717, 1.165) is 10.4 Å². The summed E-state index contributed by atoms with van der Waals surface area (Å²) in [6.45, 7) is 9.58. The summed E-state index contributed by atoms with van der Waals surface area (Å²) >= 11 is 1.60. The molecule has 0 fully saturated rings. The van der Waals surface area contributed by atoms with Gasteiger partial charge in [-0.05, 0) is 32.2 Å². The van der Waals surface area contributed by atoms with Crippen LogP contribution in [0, 0.1) is 12.3 Å². The summed E-state index contributed by atoms with van der Waals surface area (Å²) in [6.07, 6.45) is 0. The number of rotatable bonds is 3. The van der Waals surface area contributed by atoms with Crippen molar-refractivity contribution in [3.8, 4) is 0 Å². The van der Waals surface area contributed by atoms with Crippen LogP contribution in [0.4, 0.5) is 0 Å². The molecule has 2 nitrogen and oxygen atoms in total. The third-order valence-corrected chi connectivity index (χ3v) is 4.13. The van der Waals surface area contributed by atoms with E-state index < -0.39 is 11.0 Å². The minimum absolute atomic E-state index is 0.133. The smallest absolute Gasteiger partial charge is 0.171 e. The Morgan fingerprint density at radius 3 is 2.20 bits per heavy atom. The molecule has 1 aromatic rings. The van der Waals surface area contributed by atoms with E-state index in [0.29, 0.717) is 0 Å². The topological polar surface area (TPSA) is 43.1 Å². The van der Waals surface area contributed by atoms with E-state index in [1.807, 2.05) is 46.1 Å². The van der Waals surface area contributed by atoms with Gasteiger partial charge < -0.3 is 5.73 Å². The number of hydrogen-bond acceptors (Lipinski definition) is 3. The molecular weight excluding hydrogens is 206 g/mol. The molecule has 0 aliphatic carbocycles. The SMILES string of the molecule is Cc1sccc1C(=O)C(C)(C)C(C)(C)N. The van der Waals surface area contributed by atoms with Crippen LogP contribution in [0.1, 0.15) is 42.9 Å². The third-order valence-electron chi connectivity index (χ3n) is 3.28. The summed E-state index contributed by atoms with van der Waals surface area (Å²) in [5.41, 5.74) is 5.80. The van der Waals surface area contributed by atoms with E-state index in [1.54, 1.807) is 11.3 Å². The number of carbonyl (C=O) groups excluding carboxylic acids is 1. The molecule has 0 saturated carbocycles. The van der Waals surface area contributed by atoms with Crippen molar-refractivity contribution < 1.29 is 4.79 Å². The van der Waals surface area contributed by atoms with Crippen molar-refractivity contribution in [2.45, 2.75) is 40.2 Å². The molecule has 1 heterocycles. The molecule has 15 heavy (non-hydrogen) atoms. The van der Waals surface area contributed by atoms with Gasteiger partial charge in [0, 0.05) is 21.4 Å². The molecule has 0 atom stereocenters. The van der Waals surface area contributed by atoms with E-state index in [9.17, 15) is 4.79 Å². The second kappa shape index (κ2) is 3.72. The van der Waals surface area contributed by atoms with Crippen molar-refractivity contribution in [1.29, 1.82) is 0 Å². The standard InChI is InChI=1S/C12H19NOS/c1-8-9(6-7-15-8)10(14)11(2,3)12(4,5)13/h6-7H,13H2,1-5H3. The van der Waals surface area contributed by atoms with Gasteiger partial charge in [-0.1, -0.05) is 13.8 Å². The summed E-state index contributed by atoms with van der Waals surface area (Å²) in [5, 5.41) is 1.95. The lowest BCUT2D eigenvalue weighted by molar-refractivity contribution is 0.0735. The third kappa shape index (κ3) is 2.13. The maximum Gasteiger partial charge on any atom is 0.171 e. The van der Waals surface area contributed by atoms with Gasteiger partial charge in [0.15, 0.2) is 5.78 Å². The summed E-state index contributed by atoms with van der Waals surface area (Å²) in [4.78, 5) is 13.4. The van der Waals surface area contributed by atoms with Crippen LogP contribution in [-0.4, -0.2) is 11.3 Å². The molecule has 0 aromatic carbocycles. The molecule has 1 aromatic heterocycles. The predicted molar refractivity (Wildman–Crippen MR) is 65.4 cm³/mol. The first kappa shape index (κ1) is 12.4. The highest BCUT2D eigenvalue weighted by atomic mass is 32.1. The fourth-order valence-corrected chi connectivity index (χ4v) is 1.95. The van der Waals surface area contributed by atoms with Crippen LogP contribution in [-0.2, 0) is 0 Å². The van der Waals surface area contributed by atoms with Gasteiger partial charge in [-0.3, -0.25) is 4.79 Å². The largest absolute Gasteiger partial charge is 0.325 e. The highest BCUT2D eigenvalue weighted by Gasteiger charge is 2.41. The fraction of sp³-hybridized carbons (Fsp3) is 0.583. The highest BCUT2D eigenvalue weighted by Crippen LogP contribution is 2.34. The van der Waals surface area contributed by atoms with Crippen molar-refractivity contribution in [3.63, 3.8) is 0 Å². The number of thiophene rings is 1. The van der Waals surface area contributed by atoms with Gasteiger partial charge >= 0.3 is 0 Å². The minimum atomic E-state index is -0.543. The lowest BCUT2D eigenvalue weighted by atomic mass is 9.70. The van der Waals surface area contributed by atoms with E-state index >= 15 is 0 Å². The van der Waals surface area contributed by atoms with Gasteiger partial charge in [-0.25, -0.2) is 0 Å². The molecule has 0 amide bonds. The molecule has 84 valence electrons. The summed E-state index contributed by atoms with van der Waals surface area (Å²) in [5.74, 6) is 0.133. The first-order valence-corrected chi connectivity index (χ1v) is 5.93. The highest BCUT2D eigenvalue weighted by molar-refractivity contribution is 7.10. The quantitative estimate of drug-likeness (QED) is 0.804. The van der Waals surface area contributed by atoms with Crippen molar-refractivity contribution in [2.75, 3.05) is 0 Å². The van der Waals surface area contributed by atoms with Crippen LogP contribution in [0.5, 0.6) is 0 Å². The van der Waals surface area contributed by atoms with Gasteiger partial charge in [0.1, 0.15) is 0 Å². The molecule has 1 rings (SSSR count). The molecule has 0 saturated heterocycles. The van der Waals surface area contributed by atoms with Crippen LogP contribution >= 0.6 is 11.3 Å². The van der Waals surface area contributed by atoms with E-state index in [1.165, 1.54) is 0 Å². The molecular formula is C12H19NOS. The lowest BCUT2D eigenvalue weighted by Crippen LogP contribution is -2.51. The second-order valence-corrected chi connectivity index (χ2v) is 6.19. The number of hydrogen-bond donors (Lipinski definition) is 1. The summed E-state index contributed by atoms with van der Waals surface area (Å²) in [7, 11) is 0. The van der Waals surface area contributed by atoms with Gasteiger partial charge in [0.25, 0.3) is 0 Å². The number of aryl methyl sites for hydroxylation is 1. The Bertz CT molecular complexity index is 371. The van der Waals surface area contributed by atoms with Gasteiger partial charge in [0.2, 0.25) is 0 Å². The van der Waals surface area contributed by atoms with Crippen LogP contribution in [0.15, 0.2) is 11.4 Å². The van der Waals surface area contributed by atoms with Crippen LogP contribution in [0.3, 0.4) is 0 Å². The van der Waals surface area contributed by atoms with E-state index in [-0.39, 0.29) is 5.78 Å².